The third-order valence-electron chi connectivity index (χ3n) is 6.60. The number of aryl methyl sites for hydroxylation is 1. The summed E-state index contributed by atoms with van der Waals surface area (Å²) in [4.78, 5) is 29.2. The van der Waals surface area contributed by atoms with Crippen molar-refractivity contribution in [3.05, 3.63) is 99.5 Å². The number of nitrogens with one attached hydrogen (secondary N) is 1. The maximum atomic E-state index is 14.1. The van der Waals surface area contributed by atoms with Gasteiger partial charge >= 0.3 is 0 Å². The fourth-order valence-corrected chi connectivity index (χ4v) is 5.45. The van der Waals surface area contributed by atoms with E-state index in [4.69, 9.17) is 23.2 Å². The van der Waals surface area contributed by atoms with Gasteiger partial charge in [-0.15, -0.1) is 0 Å². The Morgan fingerprint density at radius 1 is 0.950 bits per heavy atom. The summed E-state index contributed by atoms with van der Waals surface area (Å²) in [7, 11) is -3.95. The molecule has 2 atom stereocenters. The highest BCUT2D eigenvalue weighted by Crippen LogP contribution is 2.31. The summed E-state index contributed by atoms with van der Waals surface area (Å²) >= 11 is 12.5. The number of halogens is 2. The molecular formula is C30H35Cl2N3O4S. The second-order valence-electron chi connectivity index (χ2n) is 9.90. The summed E-state index contributed by atoms with van der Waals surface area (Å²) in [6, 6.07) is 20.5. The Morgan fingerprint density at radius 3 is 2.20 bits per heavy atom. The van der Waals surface area contributed by atoms with Gasteiger partial charge in [0.25, 0.3) is 0 Å². The highest BCUT2D eigenvalue weighted by molar-refractivity contribution is 7.92. The largest absolute Gasteiger partial charge is 0.352 e. The lowest BCUT2D eigenvalue weighted by atomic mass is 10.0. The van der Waals surface area contributed by atoms with Crippen molar-refractivity contribution in [2.75, 3.05) is 17.1 Å². The van der Waals surface area contributed by atoms with E-state index in [2.05, 4.69) is 5.32 Å². The molecule has 0 aliphatic rings. The predicted molar refractivity (Wildman–Crippen MR) is 162 cm³/mol. The molecule has 0 bridgehead atoms. The van der Waals surface area contributed by atoms with Crippen LogP contribution in [0.4, 0.5) is 5.69 Å². The van der Waals surface area contributed by atoms with Crippen LogP contribution in [0.2, 0.25) is 10.0 Å². The summed E-state index contributed by atoms with van der Waals surface area (Å²) in [5.41, 5.74) is 2.81. The fourth-order valence-electron chi connectivity index (χ4n) is 4.16. The van der Waals surface area contributed by atoms with Gasteiger partial charge in [-0.2, -0.15) is 0 Å². The van der Waals surface area contributed by atoms with Crippen LogP contribution in [0.15, 0.2) is 72.8 Å². The SMILES string of the molecule is CCC(C)NC(=O)C(Cc1ccccc1)N(Cc1ccc(C)cc1)C(=O)CN(c1cc(Cl)ccc1Cl)S(C)(=O)=O. The van der Waals surface area contributed by atoms with Crippen molar-refractivity contribution in [2.24, 2.45) is 0 Å². The summed E-state index contributed by atoms with van der Waals surface area (Å²) in [5, 5.41) is 3.41. The van der Waals surface area contributed by atoms with Crippen molar-refractivity contribution in [3.63, 3.8) is 0 Å². The highest BCUT2D eigenvalue weighted by atomic mass is 35.5. The molecule has 7 nitrogen and oxygen atoms in total. The molecule has 0 fully saturated rings. The summed E-state index contributed by atoms with van der Waals surface area (Å²) in [5.74, 6) is -0.868. The first-order chi connectivity index (χ1) is 18.9. The predicted octanol–water partition coefficient (Wildman–Crippen LogP) is 5.62. The first-order valence-corrected chi connectivity index (χ1v) is 15.6. The van der Waals surface area contributed by atoms with E-state index < -0.39 is 28.5 Å². The molecule has 10 heteroatoms. The molecule has 0 radical (unpaired) electrons. The van der Waals surface area contributed by atoms with E-state index >= 15 is 0 Å². The second kappa shape index (κ2) is 14.0. The van der Waals surface area contributed by atoms with E-state index in [0.717, 1.165) is 27.3 Å². The van der Waals surface area contributed by atoms with Crippen LogP contribution in [0.1, 0.15) is 37.0 Å². The van der Waals surface area contributed by atoms with Gasteiger partial charge in [-0.3, -0.25) is 13.9 Å². The van der Waals surface area contributed by atoms with Crippen LogP contribution in [-0.2, 0) is 32.6 Å². The number of carbonyl (C=O) groups excluding carboxylic acids is 2. The lowest BCUT2D eigenvalue weighted by Gasteiger charge is -2.34. The van der Waals surface area contributed by atoms with E-state index in [1.807, 2.05) is 75.4 Å². The average molecular weight is 605 g/mol. The molecule has 3 aromatic rings. The minimum absolute atomic E-state index is 0.0870. The number of nitrogens with zero attached hydrogens (tertiary/aromatic N) is 2. The van der Waals surface area contributed by atoms with Crippen molar-refractivity contribution in [3.8, 4) is 0 Å². The number of benzene rings is 3. The van der Waals surface area contributed by atoms with Gasteiger partial charge < -0.3 is 10.2 Å². The molecule has 0 saturated heterocycles. The maximum absolute atomic E-state index is 14.1. The number of rotatable bonds is 12. The Hall–Kier alpha value is -3.07. The fraction of sp³-hybridized carbons (Fsp3) is 0.333. The molecular weight excluding hydrogens is 569 g/mol. The average Bonchev–Trinajstić information content (AvgIpc) is 2.91. The van der Waals surface area contributed by atoms with Crippen LogP contribution < -0.4 is 9.62 Å². The van der Waals surface area contributed by atoms with E-state index in [1.165, 1.54) is 23.1 Å². The van der Waals surface area contributed by atoms with Crippen LogP contribution in [0.3, 0.4) is 0 Å². The molecule has 3 aromatic carbocycles. The first-order valence-electron chi connectivity index (χ1n) is 13.0. The zero-order valence-electron chi connectivity index (χ0n) is 23.1. The molecule has 0 heterocycles. The highest BCUT2D eigenvalue weighted by Gasteiger charge is 2.34. The maximum Gasteiger partial charge on any atom is 0.244 e. The zero-order chi connectivity index (χ0) is 29.4. The van der Waals surface area contributed by atoms with Crippen LogP contribution in [0.5, 0.6) is 0 Å². The lowest BCUT2D eigenvalue weighted by Crippen LogP contribution is -2.54. The monoisotopic (exact) mass is 603 g/mol. The normalized spacial score (nSPS) is 12.8. The van der Waals surface area contributed by atoms with Crippen molar-refractivity contribution >= 4 is 50.7 Å². The van der Waals surface area contributed by atoms with Crippen molar-refractivity contribution in [1.29, 1.82) is 0 Å². The van der Waals surface area contributed by atoms with Gasteiger partial charge in [0.05, 0.1) is 17.0 Å². The van der Waals surface area contributed by atoms with Gasteiger partial charge in [0.15, 0.2) is 0 Å². The number of carbonyl (C=O) groups is 2. The molecule has 2 amide bonds. The summed E-state index contributed by atoms with van der Waals surface area (Å²) in [6.07, 6.45) is 1.96. The second-order valence-corrected chi connectivity index (χ2v) is 12.6. The third-order valence-corrected chi connectivity index (χ3v) is 8.28. The first kappa shape index (κ1) is 31.5. The van der Waals surface area contributed by atoms with Crippen LogP contribution in [0.25, 0.3) is 0 Å². The molecule has 214 valence electrons. The Morgan fingerprint density at radius 2 is 1.60 bits per heavy atom. The summed E-state index contributed by atoms with van der Waals surface area (Å²) in [6.45, 7) is 5.36. The van der Waals surface area contributed by atoms with Crippen molar-refractivity contribution < 1.29 is 18.0 Å². The number of anilines is 1. The van der Waals surface area contributed by atoms with Crippen LogP contribution >= 0.6 is 23.2 Å². The molecule has 40 heavy (non-hydrogen) atoms. The molecule has 0 aliphatic heterocycles. The topological polar surface area (TPSA) is 86.8 Å². The Kier molecular flexibility index (Phi) is 11.0. The molecule has 2 unspecified atom stereocenters. The molecule has 0 saturated carbocycles. The van der Waals surface area contributed by atoms with Gasteiger partial charge in [0, 0.05) is 24.0 Å². The quantitative estimate of drug-likeness (QED) is 0.291. The number of sulfonamides is 1. The van der Waals surface area contributed by atoms with E-state index in [0.29, 0.717) is 6.42 Å². The Bertz CT molecular complexity index is 1420. The minimum Gasteiger partial charge on any atom is -0.352 e. The van der Waals surface area contributed by atoms with E-state index in [-0.39, 0.29) is 40.6 Å². The van der Waals surface area contributed by atoms with Crippen LogP contribution in [0, 0.1) is 6.92 Å². The van der Waals surface area contributed by atoms with Gasteiger partial charge in [0.1, 0.15) is 12.6 Å². The third kappa shape index (κ3) is 8.71. The van der Waals surface area contributed by atoms with Gasteiger partial charge in [-0.1, -0.05) is 90.3 Å². The van der Waals surface area contributed by atoms with Gasteiger partial charge in [0.2, 0.25) is 21.8 Å². The standard InChI is InChI=1S/C30H35Cl2N3O4S/c1-5-22(3)33-30(37)28(17-23-9-7-6-8-10-23)34(19-24-13-11-21(2)12-14-24)29(36)20-35(40(4,38)39)27-18-25(31)15-16-26(27)32/h6-16,18,22,28H,5,17,19-20H2,1-4H3,(H,33,37). The molecule has 0 spiro atoms. The molecule has 3 rings (SSSR count). The smallest absolute Gasteiger partial charge is 0.244 e. The molecule has 0 aliphatic carbocycles. The van der Waals surface area contributed by atoms with Crippen molar-refractivity contribution in [2.45, 2.75) is 52.2 Å². The van der Waals surface area contributed by atoms with Crippen LogP contribution in [-0.4, -0.2) is 50.0 Å². The lowest BCUT2D eigenvalue weighted by molar-refractivity contribution is -0.140. The van der Waals surface area contributed by atoms with E-state index in [1.54, 1.807) is 0 Å². The molecule has 1 N–H and O–H groups in total. The van der Waals surface area contributed by atoms with Crippen molar-refractivity contribution in [1.82, 2.24) is 10.2 Å². The van der Waals surface area contributed by atoms with Gasteiger partial charge in [-0.25, -0.2) is 8.42 Å². The Labute approximate surface area is 247 Å². The number of amides is 2. The van der Waals surface area contributed by atoms with Gasteiger partial charge in [-0.05, 0) is 49.6 Å². The zero-order valence-corrected chi connectivity index (χ0v) is 25.4. The summed E-state index contributed by atoms with van der Waals surface area (Å²) < 4.78 is 26.7. The van der Waals surface area contributed by atoms with E-state index in [9.17, 15) is 18.0 Å². The Balaban J connectivity index is 2.08. The minimum atomic E-state index is -3.95. The number of hydrogen-bond donors (Lipinski definition) is 1. The number of hydrogen-bond acceptors (Lipinski definition) is 4. The molecule has 0 aromatic heterocycles.